The molecule has 0 unspecified atom stereocenters. The van der Waals surface area contributed by atoms with Crippen LogP contribution in [0, 0.1) is 20.8 Å². The molecule has 1 aliphatic heterocycles. The van der Waals surface area contributed by atoms with Gasteiger partial charge in [-0.05, 0) is 262 Å². The van der Waals surface area contributed by atoms with Gasteiger partial charge in [-0.15, -0.1) is 20.4 Å². The summed E-state index contributed by atoms with van der Waals surface area (Å²) in [5.41, 5.74) is 15.9. The predicted octanol–water partition coefficient (Wildman–Crippen LogP) is 15.5. The maximum absolute atomic E-state index is 13.4. The average Bonchev–Trinajstić information content (AvgIpc) is 1.68. The van der Waals surface area contributed by atoms with E-state index in [-0.39, 0.29) is 90.3 Å². The van der Waals surface area contributed by atoms with Gasteiger partial charge in [-0.3, -0.25) is 58.0 Å². The first-order valence-electron chi connectivity index (χ1n) is 47.0. The van der Waals surface area contributed by atoms with E-state index in [4.69, 9.17) is 46.4 Å². The number of hydrogen-bond donors (Lipinski definition) is 6. The number of nitrogens with zero attached hydrogens (tertiary/aromatic N) is 18. The predicted molar refractivity (Wildman–Crippen MR) is 555 cm³/mol. The number of tetrazole rings is 4. The van der Waals surface area contributed by atoms with Gasteiger partial charge in [-0.2, -0.15) is 14.5 Å². The molecule has 1 aliphatic rings. The quantitative estimate of drug-likeness (QED) is 0.0195. The van der Waals surface area contributed by atoms with Crippen LogP contribution in [0.25, 0.3) is 33.7 Å². The molecule has 17 aromatic rings. The van der Waals surface area contributed by atoms with Crippen LogP contribution in [0.5, 0.6) is 0 Å². The van der Waals surface area contributed by atoms with Gasteiger partial charge in [0.15, 0.2) is 28.9 Å². The van der Waals surface area contributed by atoms with Crippen molar-refractivity contribution in [2.75, 3.05) is 6.54 Å². The van der Waals surface area contributed by atoms with Crippen molar-refractivity contribution in [1.82, 2.24) is 118 Å². The smallest absolute Gasteiger partial charge is 0.270 e. The lowest BCUT2D eigenvalue weighted by atomic mass is 9.96. The molecule has 0 saturated carbocycles. The van der Waals surface area contributed by atoms with Crippen LogP contribution in [0.1, 0.15) is 152 Å². The SMILES string of the molecule is Cc1[nH]nc2cc(C(=O)N[C@@H](Cc3ccccc3)C(=O)CCCc3cc(Cl)ccc3-n3cnnn3)ccc12.Cc1ccc(C(=O)N[C@@H](Cc2ccccc2)C(=O)CCC(=O)c2cc(Cl)ccc2-n2cnnn2)cc1.Cc1ccc(C(=O)N[C@@H](Cc2ccccc2)C(=O)CNC(=O)c2cc(Cl)ccc2-n2cnnn2)cc1.O=C(N[C@@H](Cc1ccccc1)C(=O)CCCc1cc(Cl)ccc1-n1cnnn1)C1=NCc2ccccc21. The van der Waals surface area contributed by atoms with Crippen molar-refractivity contribution >= 4 is 121 Å². The van der Waals surface area contributed by atoms with Gasteiger partial charge in [-0.1, -0.05) is 233 Å². The fourth-order valence-corrected chi connectivity index (χ4v) is 17.1. The van der Waals surface area contributed by atoms with Crippen LogP contribution < -0.4 is 26.6 Å². The fraction of sp³-hybridized carbons (Fsp3) is 0.193. The van der Waals surface area contributed by atoms with E-state index < -0.39 is 30.1 Å². The summed E-state index contributed by atoms with van der Waals surface area (Å²) >= 11 is 24.7. The Morgan fingerprint density at radius 3 is 1.16 bits per heavy atom. The van der Waals surface area contributed by atoms with Crippen molar-refractivity contribution in [3.05, 3.63) is 420 Å². The molecule has 0 fully saturated rings. The molecule has 147 heavy (non-hydrogen) atoms. The van der Waals surface area contributed by atoms with E-state index in [1.54, 1.807) is 82.2 Å². The van der Waals surface area contributed by atoms with Crippen LogP contribution in [0.3, 0.4) is 0 Å². The first kappa shape index (κ1) is 104. The Labute approximate surface area is 863 Å². The molecule has 0 spiro atoms. The Morgan fingerprint density at radius 1 is 0.354 bits per heavy atom. The first-order chi connectivity index (χ1) is 71.4. The van der Waals surface area contributed by atoms with Gasteiger partial charge in [0.05, 0.1) is 71.1 Å². The van der Waals surface area contributed by atoms with Crippen molar-refractivity contribution < 1.29 is 47.9 Å². The molecule has 18 rings (SSSR count). The number of aliphatic imine (C=N–C) groups is 1. The number of halogens is 4. The summed E-state index contributed by atoms with van der Waals surface area (Å²) in [7, 11) is 0. The van der Waals surface area contributed by atoms with Crippen molar-refractivity contribution in [1.29, 1.82) is 0 Å². The van der Waals surface area contributed by atoms with E-state index >= 15 is 0 Å². The van der Waals surface area contributed by atoms with E-state index in [0.717, 1.165) is 78.1 Å². The number of carbonyl (C=O) groups is 10. The molecule has 5 aromatic heterocycles. The Hall–Kier alpha value is -17.1. The lowest BCUT2D eigenvalue weighted by molar-refractivity contribution is -0.125. The van der Waals surface area contributed by atoms with Crippen molar-refractivity contribution in [2.45, 2.75) is 129 Å². The zero-order valence-electron chi connectivity index (χ0n) is 79.8. The summed E-state index contributed by atoms with van der Waals surface area (Å²) in [6.07, 6.45) is 10.0. The zero-order chi connectivity index (χ0) is 103. The van der Waals surface area contributed by atoms with Crippen LogP contribution >= 0.6 is 46.4 Å². The maximum atomic E-state index is 13.4. The Bertz CT molecular complexity index is 7270. The molecule has 6 heterocycles. The normalized spacial score (nSPS) is 12.0. The summed E-state index contributed by atoms with van der Waals surface area (Å²) in [6, 6.07) is 82.9. The minimum Gasteiger partial charge on any atom is -0.345 e. The topological polar surface area (TPSA) is 446 Å². The number of H-pyrrole nitrogens is 1. The van der Waals surface area contributed by atoms with Crippen LogP contribution in [0.2, 0.25) is 20.1 Å². The molecule has 0 radical (unpaired) electrons. The lowest BCUT2D eigenvalue weighted by Gasteiger charge is -2.19. The van der Waals surface area contributed by atoms with Gasteiger partial charge in [-0.25, -0.2) is 9.36 Å². The second-order valence-corrected chi connectivity index (χ2v) is 36.3. The minimum absolute atomic E-state index is 0.0323. The van der Waals surface area contributed by atoms with Crippen molar-refractivity contribution in [3.63, 3.8) is 0 Å². The monoisotopic (exact) mass is 2040 g/mol. The Balaban J connectivity index is 0.000000147. The number of aryl methyl sites for hydroxylation is 5. The molecule has 0 bridgehead atoms. The van der Waals surface area contributed by atoms with Gasteiger partial charge >= 0.3 is 0 Å². The lowest BCUT2D eigenvalue weighted by Crippen LogP contribution is -2.46. The van der Waals surface area contributed by atoms with Crippen molar-refractivity contribution in [2.24, 2.45) is 4.99 Å². The van der Waals surface area contributed by atoms with Crippen LogP contribution in [0.15, 0.2) is 315 Å². The number of fused-ring (bicyclic) bond motifs is 2. The largest absolute Gasteiger partial charge is 0.345 e. The third kappa shape index (κ3) is 29.1. The average molecular weight is 2050 g/mol. The summed E-state index contributed by atoms with van der Waals surface area (Å²) < 4.78 is 5.84. The molecule has 0 aliphatic carbocycles. The van der Waals surface area contributed by atoms with Gasteiger partial charge < -0.3 is 26.6 Å². The molecular weight excluding hydrogens is 1950 g/mol. The van der Waals surface area contributed by atoms with E-state index in [1.165, 1.54) is 46.8 Å². The molecule has 34 nitrogen and oxygen atoms in total. The van der Waals surface area contributed by atoms with Gasteiger partial charge in [0.25, 0.3) is 29.5 Å². The highest BCUT2D eigenvalue weighted by Crippen LogP contribution is 2.29. The minimum atomic E-state index is -0.847. The third-order valence-corrected chi connectivity index (χ3v) is 25.1. The number of ketones is 5. The zero-order valence-corrected chi connectivity index (χ0v) is 82.8. The molecule has 38 heteroatoms. The highest BCUT2D eigenvalue weighted by Gasteiger charge is 2.31. The Kier molecular flexibility index (Phi) is 36.3. The summed E-state index contributed by atoms with van der Waals surface area (Å²) in [4.78, 5) is 136. The molecule has 0 saturated heterocycles. The standard InChI is InChI=1S/C28H26ClN7O2.C28H25ClN6O2.C27H24ClN5O3.C26H23ClN6O3/c1-18-23-12-10-21(16-24(23)33-32-18)28(38)31-25(14-19-6-3-2-4-7-19)27(37)9-5-8-20-15-22(29)11-13-26(20)36-17-30-34-35-36;29-22-13-14-25(35-18-31-33-34-35)20(16-22)10-6-12-26(36)24(15-19-7-2-1-3-8-19)32-28(37)27-23-11-5-4-9-21(23)17-30-27;1-18-7-9-20(10-8-18)27(36)30-23(15-19-5-3-2-4-6-19)26(35)14-13-25(34)22-16-21(28)11-12-24(22)33-17-29-31-32-33;1-17-7-9-19(10-8-17)25(35)30-22(13-18-5-3-2-4-6-18)24(34)15-28-26(36)21-14-20(27)11-12-23(21)33-16-29-31-32-33/h2-4,6-7,10-13,15-17,25H,5,8-9,14H2,1H3,(H,31,38)(H,32,33);1-5,7-9,11,13-14,16,18,24H,6,10,12,15,17H2,(H,32,37);2-12,16-17,23H,13-15H2,1H3,(H,30,36);2-12,14,16,22H,13,15H2,1H3,(H,28,36)(H,30,35)/t25-;24-;23-;22-/m0000/s1. The van der Waals surface area contributed by atoms with E-state index in [1.807, 2.05) is 221 Å². The first-order valence-corrected chi connectivity index (χ1v) is 48.5. The number of nitrogens with one attached hydrogen (secondary N) is 6. The van der Waals surface area contributed by atoms with Crippen LogP contribution in [-0.4, -0.2) is 186 Å². The fourth-order valence-electron chi connectivity index (χ4n) is 16.4. The summed E-state index contributed by atoms with van der Waals surface area (Å²) in [5, 5.41) is 69.1. The van der Waals surface area contributed by atoms with Gasteiger partial charge in [0.1, 0.15) is 31.0 Å². The Morgan fingerprint density at radius 2 is 0.721 bits per heavy atom. The molecule has 12 aromatic carbocycles. The summed E-state index contributed by atoms with van der Waals surface area (Å²) in [6.45, 7) is 5.96. The number of carbonyl (C=O) groups excluding carboxylic acids is 10. The molecule has 5 amide bonds. The molecular formula is C109H98Cl4N24O10. The summed E-state index contributed by atoms with van der Waals surface area (Å²) in [5.74, 6) is -2.80. The van der Waals surface area contributed by atoms with Crippen molar-refractivity contribution in [3.8, 4) is 22.7 Å². The van der Waals surface area contributed by atoms with Crippen LogP contribution in [-0.2, 0) is 69.0 Å². The number of aromatic nitrogens is 18. The second-order valence-electron chi connectivity index (χ2n) is 34.6. The van der Waals surface area contributed by atoms with Crippen LogP contribution in [0.4, 0.5) is 0 Å². The van der Waals surface area contributed by atoms with E-state index in [9.17, 15) is 47.9 Å². The second kappa shape index (κ2) is 51.2. The number of benzene rings is 12. The number of rotatable bonds is 39. The van der Waals surface area contributed by atoms with E-state index in [2.05, 4.69) is 104 Å². The highest BCUT2D eigenvalue weighted by atomic mass is 35.5. The number of amides is 5. The number of aromatic amines is 1. The number of hydrogen-bond acceptors (Lipinski definition) is 24. The number of Topliss-reactive ketones (excluding diaryl/α,β-unsaturated/α-hetero) is 5. The molecule has 742 valence electrons. The third-order valence-electron chi connectivity index (χ3n) is 24.1. The van der Waals surface area contributed by atoms with Gasteiger partial charge in [0.2, 0.25) is 0 Å². The maximum Gasteiger partial charge on any atom is 0.270 e. The molecule has 4 atom stereocenters. The highest BCUT2D eigenvalue weighted by molar-refractivity contribution is 6.46. The van der Waals surface area contributed by atoms with Gasteiger partial charge in [0, 0.05) is 84.7 Å². The molecule has 6 N–H and O–H groups in total. The van der Waals surface area contributed by atoms with E-state index in [0.29, 0.717) is 123 Å².